The van der Waals surface area contributed by atoms with Gasteiger partial charge < -0.3 is 10.2 Å². The zero-order chi connectivity index (χ0) is 12.5. The maximum Gasteiger partial charge on any atom is 0.0672 e. The predicted octanol–water partition coefficient (Wildman–Crippen LogP) is 2.39. The summed E-state index contributed by atoms with van der Waals surface area (Å²) in [5.41, 5.74) is 0. The summed E-state index contributed by atoms with van der Waals surface area (Å²) in [4.78, 5) is 2.42. The van der Waals surface area contributed by atoms with Crippen molar-refractivity contribution in [1.29, 1.82) is 5.26 Å². The van der Waals surface area contributed by atoms with Crippen molar-refractivity contribution in [2.75, 3.05) is 26.2 Å². The number of nitrogens with zero attached hydrogens (tertiary/aromatic N) is 2. The molecule has 1 rings (SSSR count). The molecule has 2 unspecified atom stereocenters. The predicted molar refractivity (Wildman–Crippen MR) is 71.8 cm³/mol. The van der Waals surface area contributed by atoms with Gasteiger partial charge >= 0.3 is 0 Å². The molecule has 0 aromatic rings. The quantitative estimate of drug-likeness (QED) is 0.721. The molecule has 0 radical (unpaired) electrons. The number of rotatable bonds is 6. The molecule has 0 spiro atoms. The second kappa shape index (κ2) is 8.49. The Kier molecular flexibility index (Phi) is 7.23. The molecule has 1 fully saturated rings. The fraction of sp³-hybridized carbons (Fsp3) is 0.929. The second-order valence-corrected chi connectivity index (χ2v) is 4.96. The summed E-state index contributed by atoms with van der Waals surface area (Å²) >= 11 is 0. The topological polar surface area (TPSA) is 39.1 Å². The van der Waals surface area contributed by atoms with Gasteiger partial charge in [-0.25, -0.2) is 0 Å². The lowest BCUT2D eigenvalue weighted by Crippen LogP contribution is -2.40. The Bertz CT molecular complexity index is 230. The maximum atomic E-state index is 9.19. The molecule has 0 saturated heterocycles. The van der Waals surface area contributed by atoms with E-state index in [1.807, 2.05) is 0 Å². The standard InChI is InChI=1S/C14H27N3/c1-3-17(4-2)11-10-16-14-9-7-5-6-8-13(14)12-15/h13-14,16H,3-11H2,1-2H3. The summed E-state index contributed by atoms with van der Waals surface area (Å²) in [7, 11) is 0. The van der Waals surface area contributed by atoms with Gasteiger partial charge in [-0.15, -0.1) is 0 Å². The number of likely N-dealkylation sites (N-methyl/N-ethyl adjacent to an activating group) is 1. The van der Waals surface area contributed by atoms with Gasteiger partial charge in [-0.3, -0.25) is 0 Å². The maximum absolute atomic E-state index is 9.19. The molecule has 0 aromatic heterocycles. The van der Waals surface area contributed by atoms with Crippen molar-refractivity contribution in [2.24, 2.45) is 5.92 Å². The van der Waals surface area contributed by atoms with Crippen molar-refractivity contribution in [3.05, 3.63) is 0 Å². The Morgan fingerprint density at radius 2 is 1.88 bits per heavy atom. The summed E-state index contributed by atoms with van der Waals surface area (Å²) in [6.07, 6.45) is 6.07. The highest BCUT2D eigenvalue weighted by molar-refractivity contribution is 4.93. The van der Waals surface area contributed by atoms with Gasteiger partial charge in [-0.1, -0.05) is 33.1 Å². The number of nitrogens with one attached hydrogen (secondary N) is 1. The van der Waals surface area contributed by atoms with Crippen molar-refractivity contribution in [3.63, 3.8) is 0 Å². The lowest BCUT2D eigenvalue weighted by molar-refractivity contribution is 0.286. The first kappa shape index (κ1) is 14.5. The Morgan fingerprint density at radius 3 is 2.53 bits per heavy atom. The molecule has 0 bridgehead atoms. The van der Waals surface area contributed by atoms with Crippen LogP contribution in [0.4, 0.5) is 0 Å². The van der Waals surface area contributed by atoms with Gasteiger partial charge in [0.25, 0.3) is 0 Å². The van der Waals surface area contributed by atoms with E-state index in [0.29, 0.717) is 6.04 Å². The Morgan fingerprint density at radius 1 is 1.18 bits per heavy atom. The van der Waals surface area contributed by atoms with Crippen LogP contribution in [0, 0.1) is 17.2 Å². The van der Waals surface area contributed by atoms with Crippen LogP contribution in [-0.4, -0.2) is 37.1 Å². The van der Waals surface area contributed by atoms with E-state index in [1.165, 1.54) is 25.7 Å². The molecule has 1 saturated carbocycles. The van der Waals surface area contributed by atoms with Crippen LogP contribution in [-0.2, 0) is 0 Å². The van der Waals surface area contributed by atoms with Crippen molar-refractivity contribution in [1.82, 2.24) is 10.2 Å². The highest BCUT2D eigenvalue weighted by Crippen LogP contribution is 2.22. The zero-order valence-corrected chi connectivity index (χ0v) is 11.4. The minimum absolute atomic E-state index is 0.231. The lowest BCUT2D eigenvalue weighted by Gasteiger charge is -2.24. The molecule has 3 heteroatoms. The van der Waals surface area contributed by atoms with Crippen LogP contribution in [0.15, 0.2) is 0 Å². The summed E-state index contributed by atoms with van der Waals surface area (Å²) in [6, 6.07) is 2.91. The summed E-state index contributed by atoms with van der Waals surface area (Å²) in [6.45, 7) is 8.75. The largest absolute Gasteiger partial charge is 0.311 e. The van der Waals surface area contributed by atoms with Gasteiger partial charge in [0.2, 0.25) is 0 Å². The van der Waals surface area contributed by atoms with Crippen molar-refractivity contribution < 1.29 is 0 Å². The SMILES string of the molecule is CCN(CC)CCNC1CCCCCC1C#N. The first-order chi connectivity index (χ1) is 8.31. The minimum atomic E-state index is 0.231. The summed E-state index contributed by atoms with van der Waals surface area (Å²) in [5, 5.41) is 12.8. The second-order valence-electron chi connectivity index (χ2n) is 4.96. The van der Waals surface area contributed by atoms with Crippen molar-refractivity contribution in [3.8, 4) is 6.07 Å². The van der Waals surface area contributed by atoms with Gasteiger partial charge in [0.15, 0.2) is 0 Å². The van der Waals surface area contributed by atoms with Crippen LogP contribution in [0.5, 0.6) is 0 Å². The molecule has 0 amide bonds. The fourth-order valence-corrected chi connectivity index (χ4v) is 2.65. The normalized spacial score (nSPS) is 25.5. The van der Waals surface area contributed by atoms with E-state index in [9.17, 15) is 5.26 Å². The molecular formula is C14H27N3. The fourth-order valence-electron chi connectivity index (χ4n) is 2.65. The molecule has 0 heterocycles. The molecule has 0 aliphatic heterocycles. The summed E-state index contributed by atoms with van der Waals surface area (Å²) < 4.78 is 0. The van der Waals surface area contributed by atoms with E-state index in [0.717, 1.165) is 32.6 Å². The van der Waals surface area contributed by atoms with E-state index < -0.39 is 0 Å². The van der Waals surface area contributed by atoms with Crippen LogP contribution >= 0.6 is 0 Å². The first-order valence-electron chi connectivity index (χ1n) is 7.17. The van der Waals surface area contributed by atoms with Gasteiger partial charge in [0.05, 0.1) is 12.0 Å². The van der Waals surface area contributed by atoms with Gasteiger partial charge in [0, 0.05) is 19.1 Å². The van der Waals surface area contributed by atoms with Crippen LogP contribution in [0.3, 0.4) is 0 Å². The first-order valence-corrected chi connectivity index (χ1v) is 7.17. The number of hydrogen-bond acceptors (Lipinski definition) is 3. The molecular weight excluding hydrogens is 210 g/mol. The van der Waals surface area contributed by atoms with E-state index >= 15 is 0 Å². The number of hydrogen-bond donors (Lipinski definition) is 1. The van der Waals surface area contributed by atoms with Gasteiger partial charge in [-0.05, 0) is 25.9 Å². The average Bonchev–Trinajstić information content (AvgIpc) is 2.59. The number of nitriles is 1. The lowest BCUT2D eigenvalue weighted by atomic mass is 9.96. The van der Waals surface area contributed by atoms with Crippen LogP contribution < -0.4 is 5.32 Å². The molecule has 2 atom stereocenters. The van der Waals surface area contributed by atoms with E-state index in [-0.39, 0.29) is 5.92 Å². The summed E-state index contributed by atoms with van der Waals surface area (Å²) in [5.74, 6) is 0.231. The van der Waals surface area contributed by atoms with Crippen LogP contribution in [0.2, 0.25) is 0 Å². The Balaban J connectivity index is 2.30. The molecule has 1 aliphatic rings. The zero-order valence-electron chi connectivity index (χ0n) is 11.4. The third kappa shape index (κ3) is 5.06. The smallest absolute Gasteiger partial charge is 0.0672 e. The van der Waals surface area contributed by atoms with Crippen LogP contribution in [0.1, 0.15) is 46.0 Å². The molecule has 0 aromatic carbocycles. The molecule has 3 nitrogen and oxygen atoms in total. The van der Waals surface area contributed by atoms with Crippen LogP contribution in [0.25, 0.3) is 0 Å². The molecule has 1 N–H and O–H groups in total. The third-order valence-corrected chi connectivity index (χ3v) is 3.91. The Hall–Kier alpha value is -0.590. The van der Waals surface area contributed by atoms with E-state index in [1.54, 1.807) is 0 Å². The van der Waals surface area contributed by atoms with E-state index in [4.69, 9.17) is 0 Å². The monoisotopic (exact) mass is 237 g/mol. The molecule has 17 heavy (non-hydrogen) atoms. The van der Waals surface area contributed by atoms with Crippen molar-refractivity contribution in [2.45, 2.75) is 52.0 Å². The molecule has 98 valence electrons. The van der Waals surface area contributed by atoms with Gasteiger partial charge in [0.1, 0.15) is 0 Å². The minimum Gasteiger partial charge on any atom is -0.311 e. The highest BCUT2D eigenvalue weighted by atomic mass is 15.1. The highest BCUT2D eigenvalue weighted by Gasteiger charge is 2.22. The van der Waals surface area contributed by atoms with Gasteiger partial charge in [-0.2, -0.15) is 5.26 Å². The average molecular weight is 237 g/mol. The third-order valence-electron chi connectivity index (χ3n) is 3.91. The Labute approximate surface area is 106 Å². The van der Waals surface area contributed by atoms with Crippen molar-refractivity contribution >= 4 is 0 Å². The molecule has 1 aliphatic carbocycles. The van der Waals surface area contributed by atoms with E-state index in [2.05, 4.69) is 30.1 Å².